The third-order valence-electron chi connectivity index (χ3n) is 3.79. The van der Waals surface area contributed by atoms with Crippen LogP contribution in [0.3, 0.4) is 0 Å². The maximum atomic E-state index is 5.92. The van der Waals surface area contributed by atoms with E-state index in [2.05, 4.69) is 10.2 Å². The van der Waals surface area contributed by atoms with E-state index in [1.54, 1.807) is 13.2 Å². The molecular weight excluding hydrogens is 288 g/mol. The zero-order valence-electron chi connectivity index (χ0n) is 11.9. The third kappa shape index (κ3) is 3.27. The minimum atomic E-state index is 0.383. The lowest BCUT2D eigenvalue weighted by atomic mass is 9.86. The van der Waals surface area contributed by atoms with Gasteiger partial charge in [-0.25, -0.2) is 0 Å². The van der Waals surface area contributed by atoms with Gasteiger partial charge in [0.15, 0.2) is 16.7 Å². The van der Waals surface area contributed by atoms with Crippen molar-refractivity contribution in [3.63, 3.8) is 0 Å². The molecule has 0 bridgehead atoms. The predicted octanol–water partition coefficient (Wildman–Crippen LogP) is 3.98. The van der Waals surface area contributed by atoms with Gasteiger partial charge in [-0.3, -0.25) is 0 Å². The van der Waals surface area contributed by atoms with Crippen LogP contribution in [0.4, 0.5) is 0 Å². The summed E-state index contributed by atoms with van der Waals surface area (Å²) in [5, 5.41) is 8.34. The lowest BCUT2D eigenvalue weighted by molar-refractivity contribution is 0.176. The molecule has 1 aromatic heterocycles. The fourth-order valence-corrected chi connectivity index (χ4v) is 2.39. The van der Waals surface area contributed by atoms with Crippen LogP contribution >= 0.6 is 11.6 Å². The van der Waals surface area contributed by atoms with Crippen molar-refractivity contribution in [2.45, 2.75) is 19.3 Å². The van der Waals surface area contributed by atoms with Gasteiger partial charge in [0.25, 0.3) is 0 Å². The Labute approximate surface area is 129 Å². The van der Waals surface area contributed by atoms with Gasteiger partial charge in [0, 0.05) is 5.56 Å². The lowest BCUT2D eigenvalue weighted by Crippen LogP contribution is -2.19. The number of aromatic nitrogens is 2. The Bertz CT molecular complexity index is 612. The molecule has 21 heavy (non-hydrogen) atoms. The Balaban J connectivity index is 1.82. The number of benzene rings is 1. The maximum absolute atomic E-state index is 5.92. The van der Waals surface area contributed by atoms with E-state index in [0.29, 0.717) is 11.1 Å². The predicted molar refractivity (Wildman–Crippen MR) is 81.9 cm³/mol. The zero-order chi connectivity index (χ0) is 14.7. The van der Waals surface area contributed by atoms with E-state index in [1.165, 1.54) is 19.3 Å². The van der Waals surface area contributed by atoms with Crippen molar-refractivity contribution >= 4 is 11.6 Å². The number of methoxy groups -OCH3 is 1. The summed E-state index contributed by atoms with van der Waals surface area (Å²) in [6, 6.07) is 9.33. The summed E-state index contributed by atoms with van der Waals surface area (Å²) < 4.78 is 11.3. The summed E-state index contributed by atoms with van der Waals surface area (Å²) in [5.74, 6) is 2.16. The fraction of sp³-hybridized carbons (Fsp3) is 0.375. The van der Waals surface area contributed by atoms with Gasteiger partial charge in [-0.05, 0) is 49.1 Å². The quantitative estimate of drug-likeness (QED) is 0.838. The van der Waals surface area contributed by atoms with Gasteiger partial charge >= 0.3 is 0 Å². The van der Waals surface area contributed by atoms with Crippen LogP contribution in [-0.4, -0.2) is 23.9 Å². The highest BCUT2D eigenvalue weighted by atomic mass is 35.5. The first-order chi connectivity index (χ1) is 10.3. The van der Waals surface area contributed by atoms with Crippen molar-refractivity contribution in [3.8, 4) is 22.8 Å². The van der Waals surface area contributed by atoms with Crippen molar-refractivity contribution in [3.05, 3.63) is 35.5 Å². The van der Waals surface area contributed by atoms with Crippen molar-refractivity contribution < 1.29 is 9.47 Å². The molecule has 1 aliphatic carbocycles. The second-order valence-electron chi connectivity index (χ2n) is 5.21. The highest BCUT2D eigenvalue weighted by molar-refractivity contribution is 6.29. The number of nitrogens with zero attached hydrogens (tertiary/aromatic N) is 2. The molecule has 0 spiro atoms. The normalized spacial score (nSPS) is 14.6. The van der Waals surface area contributed by atoms with Gasteiger partial charge in [0.1, 0.15) is 0 Å². The Morgan fingerprint density at radius 3 is 2.62 bits per heavy atom. The summed E-state index contributed by atoms with van der Waals surface area (Å²) >= 11 is 5.77. The van der Waals surface area contributed by atoms with Crippen molar-refractivity contribution in [2.75, 3.05) is 13.7 Å². The zero-order valence-corrected chi connectivity index (χ0v) is 12.6. The fourth-order valence-electron chi connectivity index (χ4n) is 2.29. The minimum Gasteiger partial charge on any atom is -0.493 e. The Morgan fingerprint density at radius 1 is 1.14 bits per heavy atom. The van der Waals surface area contributed by atoms with Crippen LogP contribution in [0.15, 0.2) is 30.3 Å². The van der Waals surface area contributed by atoms with Crippen LogP contribution < -0.4 is 9.47 Å². The second-order valence-corrected chi connectivity index (χ2v) is 5.60. The van der Waals surface area contributed by atoms with E-state index >= 15 is 0 Å². The molecule has 1 aromatic carbocycles. The SMILES string of the molecule is COc1ccc(-c2ccc(Cl)nn2)cc1OCC1CCC1. The van der Waals surface area contributed by atoms with Gasteiger partial charge in [-0.1, -0.05) is 18.0 Å². The van der Waals surface area contributed by atoms with E-state index in [0.717, 1.165) is 29.4 Å². The van der Waals surface area contributed by atoms with Crippen LogP contribution in [-0.2, 0) is 0 Å². The third-order valence-corrected chi connectivity index (χ3v) is 3.99. The van der Waals surface area contributed by atoms with Crippen LogP contribution in [0.1, 0.15) is 19.3 Å². The Morgan fingerprint density at radius 2 is 2.00 bits per heavy atom. The van der Waals surface area contributed by atoms with E-state index in [1.807, 2.05) is 24.3 Å². The molecule has 0 unspecified atom stereocenters. The smallest absolute Gasteiger partial charge is 0.161 e. The topological polar surface area (TPSA) is 44.2 Å². The lowest BCUT2D eigenvalue weighted by Gasteiger charge is -2.25. The molecule has 0 amide bonds. The largest absolute Gasteiger partial charge is 0.493 e. The van der Waals surface area contributed by atoms with E-state index in [4.69, 9.17) is 21.1 Å². The monoisotopic (exact) mass is 304 g/mol. The van der Waals surface area contributed by atoms with Gasteiger partial charge in [-0.15, -0.1) is 10.2 Å². The molecule has 5 heteroatoms. The number of hydrogen-bond acceptors (Lipinski definition) is 4. The van der Waals surface area contributed by atoms with Gasteiger partial charge in [0.2, 0.25) is 0 Å². The van der Waals surface area contributed by atoms with Crippen LogP contribution in [0, 0.1) is 5.92 Å². The Kier molecular flexibility index (Phi) is 4.25. The number of rotatable bonds is 5. The summed E-state index contributed by atoms with van der Waals surface area (Å²) in [4.78, 5) is 0. The number of ether oxygens (including phenoxy) is 2. The first-order valence-electron chi connectivity index (χ1n) is 7.06. The summed E-state index contributed by atoms with van der Waals surface area (Å²) in [6.45, 7) is 0.742. The minimum absolute atomic E-state index is 0.383. The molecule has 2 aromatic rings. The maximum Gasteiger partial charge on any atom is 0.161 e. The molecule has 1 aliphatic rings. The molecule has 0 atom stereocenters. The van der Waals surface area contributed by atoms with E-state index in [9.17, 15) is 0 Å². The van der Waals surface area contributed by atoms with Crippen molar-refractivity contribution in [1.82, 2.24) is 10.2 Å². The Hall–Kier alpha value is -1.81. The van der Waals surface area contributed by atoms with E-state index < -0.39 is 0 Å². The molecule has 110 valence electrons. The molecule has 0 saturated heterocycles. The standard InChI is InChI=1S/C16H17ClN2O2/c1-20-14-7-5-12(13-6-8-16(17)19-18-13)9-15(14)21-10-11-3-2-4-11/h5-9,11H,2-4,10H2,1H3. The second kappa shape index (κ2) is 6.31. The molecular formula is C16H17ClN2O2. The van der Waals surface area contributed by atoms with Crippen LogP contribution in [0.25, 0.3) is 11.3 Å². The van der Waals surface area contributed by atoms with Crippen LogP contribution in [0.5, 0.6) is 11.5 Å². The highest BCUT2D eigenvalue weighted by Crippen LogP contribution is 2.34. The number of halogens is 1. The molecule has 1 fully saturated rings. The molecule has 0 radical (unpaired) electrons. The highest BCUT2D eigenvalue weighted by Gasteiger charge is 2.19. The molecule has 3 rings (SSSR count). The first kappa shape index (κ1) is 14.1. The average Bonchev–Trinajstić information content (AvgIpc) is 2.46. The van der Waals surface area contributed by atoms with Gasteiger partial charge in [-0.2, -0.15) is 0 Å². The molecule has 1 heterocycles. The van der Waals surface area contributed by atoms with Gasteiger partial charge < -0.3 is 9.47 Å². The van der Waals surface area contributed by atoms with Crippen molar-refractivity contribution in [2.24, 2.45) is 5.92 Å². The molecule has 4 nitrogen and oxygen atoms in total. The first-order valence-corrected chi connectivity index (χ1v) is 7.44. The number of hydrogen-bond donors (Lipinski definition) is 0. The molecule has 1 saturated carbocycles. The summed E-state index contributed by atoms with van der Waals surface area (Å²) in [5.41, 5.74) is 1.69. The summed E-state index contributed by atoms with van der Waals surface area (Å²) in [6.07, 6.45) is 3.82. The van der Waals surface area contributed by atoms with Crippen LogP contribution in [0.2, 0.25) is 5.15 Å². The molecule has 0 N–H and O–H groups in total. The van der Waals surface area contributed by atoms with E-state index in [-0.39, 0.29) is 0 Å². The van der Waals surface area contributed by atoms with Crippen molar-refractivity contribution in [1.29, 1.82) is 0 Å². The molecule has 0 aliphatic heterocycles. The summed E-state index contributed by atoms with van der Waals surface area (Å²) in [7, 11) is 1.65. The average molecular weight is 305 g/mol. The van der Waals surface area contributed by atoms with Gasteiger partial charge in [0.05, 0.1) is 19.4 Å².